The first-order valence-electron chi connectivity index (χ1n) is 7.26. The molecule has 0 amide bonds. The summed E-state index contributed by atoms with van der Waals surface area (Å²) in [5, 5.41) is 19.1. The third kappa shape index (κ3) is 3.78. The molecule has 0 aromatic heterocycles. The molecule has 3 heteroatoms. The summed E-state index contributed by atoms with van der Waals surface area (Å²) in [5.74, 6) is 0. The Hall–Kier alpha value is -0.900. The van der Waals surface area contributed by atoms with E-state index in [0.29, 0.717) is 0 Å². The van der Waals surface area contributed by atoms with Crippen molar-refractivity contribution in [1.82, 2.24) is 0 Å². The number of rotatable bonds is 5. The largest absolute Gasteiger partial charge is 0.393 e. The summed E-state index contributed by atoms with van der Waals surface area (Å²) in [5.41, 5.74) is 2.33. The van der Waals surface area contributed by atoms with Crippen molar-refractivity contribution in [2.75, 3.05) is 6.61 Å². The molecule has 106 valence electrons. The van der Waals surface area contributed by atoms with Crippen molar-refractivity contribution in [1.29, 1.82) is 0 Å². The minimum Gasteiger partial charge on any atom is -0.393 e. The molecule has 1 aromatic carbocycles. The predicted octanol–water partition coefficient (Wildman–Crippen LogP) is 2.60. The molecule has 1 fully saturated rings. The van der Waals surface area contributed by atoms with Gasteiger partial charge in [-0.25, -0.2) is 0 Å². The van der Waals surface area contributed by atoms with Crippen molar-refractivity contribution in [2.24, 2.45) is 0 Å². The Bertz CT molecular complexity index is 383. The molecular weight excluding hydrogens is 240 g/mol. The van der Waals surface area contributed by atoms with Crippen LogP contribution >= 0.6 is 0 Å². The van der Waals surface area contributed by atoms with Crippen molar-refractivity contribution in [2.45, 2.75) is 57.3 Å². The molecule has 1 atom stereocenters. The lowest BCUT2D eigenvalue weighted by molar-refractivity contribution is -0.0686. The topological polar surface area (TPSA) is 49.7 Å². The van der Waals surface area contributed by atoms with E-state index in [-0.39, 0.29) is 24.9 Å². The van der Waals surface area contributed by atoms with Gasteiger partial charge in [-0.1, -0.05) is 31.2 Å². The van der Waals surface area contributed by atoms with Gasteiger partial charge in [0, 0.05) is 0 Å². The molecular formula is C16H24O3. The van der Waals surface area contributed by atoms with Crippen LogP contribution in [0.4, 0.5) is 0 Å². The first-order chi connectivity index (χ1) is 9.24. The minimum absolute atomic E-state index is 0.00999. The number of ether oxygens (including phenoxy) is 1. The molecule has 1 aliphatic rings. The Balaban J connectivity index is 2.03. The highest BCUT2D eigenvalue weighted by Crippen LogP contribution is 2.28. The molecule has 3 nitrogen and oxygen atoms in total. The average Bonchev–Trinajstić information content (AvgIpc) is 2.46. The van der Waals surface area contributed by atoms with Crippen LogP contribution in [0.1, 0.15) is 49.8 Å². The van der Waals surface area contributed by atoms with Crippen molar-refractivity contribution < 1.29 is 14.9 Å². The summed E-state index contributed by atoms with van der Waals surface area (Å²) < 4.78 is 6.06. The molecule has 0 heterocycles. The van der Waals surface area contributed by atoms with Gasteiger partial charge in [0.05, 0.1) is 18.8 Å². The van der Waals surface area contributed by atoms with Crippen LogP contribution in [0.5, 0.6) is 0 Å². The molecule has 2 rings (SSSR count). The summed E-state index contributed by atoms with van der Waals surface area (Å²) in [6.07, 6.45) is 4.06. The molecule has 1 aliphatic carbocycles. The van der Waals surface area contributed by atoms with Crippen LogP contribution in [-0.2, 0) is 11.2 Å². The van der Waals surface area contributed by atoms with E-state index in [9.17, 15) is 10.2 Å². The second-order valence-electron chi connectivity index (χ2n) is 5.29. The Morgan fingerprint density at radius 1 is 1.21 bits per heavy atom. The average molecular weight is 264 g/mol. The molecule has 0 saturated heterocycles. The van der Waals surface area contributed by atoms with Gasteiger partial charge in [-0.2, -0.15) is 0 Å². The zero-order chi connectivity index (χ0) is 13.7. The predicted molar refractivity (Wildman–Crippen MR) is 75.0 cm³/mol. The molecule has 0 aliphatic heterocycles. The summed E-state index contributed by atoms with van der Waals surface area (Å²) in [4.78, 5) is 0. The molecule has 0 radical (unpaired) electrons. The van der Waals surface area contributed by atoms with Crippen molar-refractivity contribution in [3.05, 3.63) is 35.4 Å². The number of aryl methyl sites for hydroxylation is 1. The highest BCUT2D eigenvalue weighted by Gasteiger charge is 2.24. The highest BCUT2D eigenvalue weighted by molar-refractivity contribution is 5.29. The molecule has 2 N–H and O–H groups in total. The summed E-state index contributed by atoms with van der Waals surface area (Å²) >= 11 is 0. The molecule has 1 aromatic rings. The fourth-order valence-corrected chi connectivity index (χ4v) is 2.80. The number of hydrogen-bond donors (Lipinski definition) is 2. The summed E-state index contributed by atoms with van der Waals surface area (Å²) in [6.45, 7) is 2.13. The van der Waals surface area contributed by atoms with E-state index >= 15 is 0 Å². The molecule has 0 unspecified atom stereocenters. The van der Waals surface area contributed by atoms with Crippen LogP contribution in [0.3, 0.4) is 0 Å². The Morgan fingerprint density at radius 3 is 2.53 bits per heavy atom. The monoisotopic (exact) mass is 264 g/mol. The van der Waals surface area contributed by atoms with Gasteiger partial charge in [0.15, 0.2) is 0 Å². The van der Waals surface area contributed by atoms with Crippen LogP contribution < -0.4 is 0 Å². The molecule has 0 bridgehead atoms. The fraction of sp³-hybridized carbons (Fsp3) is 0.625. The third-order valence-corrected chi connectivity index (χ3v) is 3.95. The number of aliphatic hydroxyl groups excluding tert-OH is 2. The van der Waals surface area contributed by atoms with E-state index in [1.54, 1.807) is 0 Å². The first kappa shape index (κ1) is 14.5. The minimum atomic E-state index is -0.239. The number of hydrogen-bond acceptors (Lipinski definition) is 3. The standard InChI is InChI=1S/C16H24O3/c1-2-12-5-3-4-6-15(12)16(11-17)19-14-9-7-13(18)8-10-14/h3-6,13-14,16-18H,2,7-11H2,1H3/t13?,14?,16-/m0/s1. The maximum absolute atomic E-state index is 9.61. The van der Waals surface area contributed by atoms with Crippen LogP contribution in [0.25, 0.3) is 0 Å². The van der Waals surface area contributed by atoms with Gasteiger partial charge in [0.2, 0.25) is 0 Å². The lowest BCUT2D eigenvalue weighted by Crippen LogP contribution is -2.27. The zero-order valence-electron chi connectivity index (χ0n) is 11.6. The van der Waals surface area contributed by atoms with Crippen LogP contribution in [0, 0.1) is 0 Å². The maximum atomic E-state index is 9.61. The Morgan fingerprint density at radius 2 is 1.89 bits per heavy atom. The molecule has 1 saturated carbocycles. The Labute approximate surface area is 115 Å². The van der Waals surface area contributed by atoms with Crippen LogP contribution in [-0.4, -0.2) is 29.0 Å². The van der Waals surface area contributed by atoms with Gasteiger partial charge in [-0.3, -0.25) is 0 Å². The van der Waals surface area contributed by atoms with Gasteiger partial charge in [0.1, 0.15) is 6.10 Å². The number of aliphatic hydroxyl groups is 2. The lowest BCUT2D eigenvalue weighted by atomic mass is 9.94. The molecule has 19 heavy (non-hydrogen) atoms. The van der Waals surface area contributed by atoms with E-state index < -0.39 is 0 Å². The smallest absolute Gasteiger partial charge is 0.106 e. The third-order valence-electron chi connectivity index (χ3n) is 3.95. The van der Waals surface area contributed by atoms with E-state index in [4.69, 9.17) is 4.74 Å². The van der Waals surface area contributed by atoms with E-state index in [0.717, 1.165) is 37.7 Å². The molecule has 0 spiro atoms. The Kier molecular flexibility index (Phi) is 5.37. The SMILES string of the molecule is CCc1ccccc1[C@H](CO)OC1CCC(O)CC1. The van der Waals surface area contributed by atoms with Gasteiger partial charge in [0.25, 0.3) is 0 Å². The van der Waals surface area contributed by atoms with Gasteiger partial charge < -0.3 is 14.9 Å². The quantitative estimate of drug-likeness (QED) is 0.859. The highest BCUT2D eigenvalue weighted by atomic mass is 16.5. The van der Waals surface area contributed by atoms with Gasteiger partial charge in [-0.15, -0.1) is 0 Å². The van der Waals surface area contributed by atoms with Gasteiger partial charge in [-0.05, 0) is 43.2 Å². The van der Waals surface area contributed by atoms with Crippen molar-refractivity contribution in [3.8, 4) is 0 Å². The van der Waals surface area contributed by atoms with Crippen LogP contribution in [0.15, 0.2) is 24.3 Å². The van der Waals surface area contributed by atoms with E-state index in [1.807, 2.05) is 18.2 Å². The lowest BCUT2D eigenvalue weighted by Gasteiger charge is -2.29. The summed E-state index contributed by atoms with van der Waals surface area (Å²) in [6, 6.07) is 8.14. The zero-order valence-corrected chi connectivity index (χ0v) is 11.6. The fourth-order valence-electron chi connectivity index (χ4n) is 2.80. The first-order valence-corrected chi connectivity index (χ1v) is 7.26. The van der Waals surface area contributed by atoms with Gasteiger partial charge >= 0.3 is 0 Å². The van der Waals surface area contributed by atoms with Crippen LogP contribution in [0.2, 0.25) is 0 Å². The van der Waals surface area contributed by atoms with E-state index in [2.05, 4.69) is 13.0 Å². The van der Waals surface area contributed by atoms with Crippen molar-refractivity contribution in [3.63, 3.8) is 0 Å². The summed E-state index contributed by atoms with van der Waals surface area (Å²) in [7, 11) is 0. The normalized spacial score (nSPS) is 25.2. The van der Waals surface area contributed by atoms with Crippen molar-refractivity contribution >= 4 is 0 Å². The maximum Gasteiger partial charge on any atom is 0.106 e. The van der Waals surface area contributed by atoms with E-state index in [1.165, 1.54) is 5.56 Å². The number of benzene rings is 1. The second kappa shape index (κ2) is 7.04. The second-order valence-corrected chi connectivity index (χ2v) is 5.29.